The third-order valence-electron chi connectivity index (χ3n) is 14.0. The van der Waals surface area contributed by atoms with Crippen LogP contribution in [0.4, 0.5) is 0 Å². The average molecular weight is 651 g/mol. The zero-order valence-corrected chi connectivity index (χ0v) is 29.9. The van der Waals surface area contributed by atoms with Gasteiger partial charge in [-0.1, -0.05) is 36.8 Å². The number of aliphatic hydroxyl groups is 1. The summed E-state index contributed by atoms with van der Waals surface area (Å²) in [5.74, 6) is 3.55. The van der Waals surface area contributed by atoms with Gasteiger partial charge < -0.3 is 28.8 Å². The van der Waals surface area contributed by atoms with Gasteiger partial charge in [-0.05, 0) is 143 Å². The zero-order chi connectivity index (χ0) is 32.8. The molecule has 6 aliphatic carbocycles. The minimum absolute atomic E-state index is 0.0497. The van der Waals surface area contributed by atoms with Crippen molar-refractivity contribution in [3.05, 3.63) is 46.6 Å². The Bertz CT molecular complexity index is 1240. The van der Waals surface area contributed by atoms with E-state index in [0.29, 0.717) is 73.5 Å². The Morgan fingerprint density at radius 1 is 0.894 bits per heavy atom. The lowest BCUT2D eigenvalue weighted by atomic mass is 9.52. The molecule has 2 saturated carbocycles. The number of methoxy groups -OCH3 is 2. The van der Waals surface area contributed by atoms with E-state index >= 15 is 0 Å². The van der Waals surface area contributed by atoms with Crippen LogP contribution in [-0.4, -0.2) is 75.3 Å². The number of hydrogen-bond donors (Lipinski definition) is 1. The Kier molecular flexibility index (Phi) is 10.3. The van der Waals surface area contributed by atoms with Crippen LogP contribution in [0.1, 0.15) is 97.8 Å². The van der Waals surface area contributed by atoms with E-state index in [1.807, 2.05) is 14.2 Å². The number of hydrogen-bond acceptors (Lipinski definition) is 6. The second kappa shape index (κ2) is 14.2. The van der Waals surface area contributed by atoms with E-state index in [2.05, 4.69) is 45.1 Å². The van der Waals surface area contributed by atoms with Crippen molar-refractivity contribution in [1.29, 1.82) is 0 Å². The molecule has 7 aliphatic rings. The molecule has 7 rings (SSSR count). The van der Waals surface area contributed by atoms with Gasteiger partial charge in [-0.25, -0.2) is 0 Å². The Morgan fingerprint density at radius 3 is 2.43 bits per heavy atom. The molecule has 0 aromatic carbocycles. The van der Waals surface area contributed by atoms with Gasteiger partial charge in [0.2, 0.25) is 0 Å². The fourth-order valence-electron chi connectivity index (χ4n) is 11.8. The summed E-state index contributed by atoms with van der Waals surface area (Å²) in [7, 11) is 3.76. The number of aliphatic hydroxyl groups excluding tert-OH is 1. The molecule has 3 fully saturated rings. The van der Waals surface area contributed by atoms with Gasteiger partial charge in [0.25, 0.3) is 0 Å². The highest BCUT2D eigenvalue weighted by atomic mass is 16.5. The van der Waals surface area contributed by atoms with Crippen LogP contribution in [0.15, 0.2) is 46.6 Å². The maximum Gasteiger partial charge on any atom is 0.0923 e. The third kappa shape index (κ3) is 6.09. The van der Waals surface area contributed by atoms with E-state index < -0.39 is 0 Å². The largest absolute Gasteiger partial charge is 0.394 e. The molecular formula is C41H62O6. The van der Waals surface area contributed by atoms with Gasteiger partial charge in [0.15, 0.2) is 0 Å². The highest BCUT2D eigenvalue weighted by Crippen LogP contribution is 2.66. The SMILES string of the molecule is COC1CC=C(C2(C3CCC(OC)CC3)CCC3C(O2)C2CC(C)=CCC2C2C4=C(CC(C)C=C4)C(C)(OCCOCCO)C32)CC1. The van der Waals surface area contributed by atoms with Crippen LogP contribution in [0.5, 0.6) is 0 Å². The van der Waals surface area contributed by atoms with Crippen LogP contribution in [0.3, 0.4) is 0 Å². The number of ether oxygens (including phenoxy) is 5. The maximum absolute atomic E-state index is 9.29. The molecule has 1 aliphatic heterocycles. The van der Waals surface area contributed by atoms with Crippen molar-refractivity contribution >= 4 is 0 Å². The van der Waals surface area contributed by atoms with E-state index in [1.165, 1.54) is 19.3 Å². The van der Waals surface area contributed by atoms with Crippen LogP contribution in [-0.2, 0) is 23.7 Å². The predicted octanol–water partition coefficient (Wildman–Crippen LogP) is 7.76. The molecule has 0 amide bonds. The number of allylic oxidation sites excluding steroid dienone is 5. The summed E-state index contributed by atoms with van der Waals surface area (Å²) in [4.78, 5) is 0. The van der Waals surface area contributed by atoms with Crippen LogP contribution in [0.2, 0.25) is 0 Å². The lowest BCUT2D eigenvalue weighted by Crippen LogP contribution is -2.62. The molecule has 6 nitrogen and oxygen atoms in total. The molecular weight excluding hydrogens is 588 g/mol. The monoisotopic (exact) mass is 650 g/mol. The molecule has 0 spiro atoms. The molecule has 1 N–H and O–H groups in total. The smallest absolute Gasteiger partial charge is 0.0923 e. The average Bonchev–Trinajstić information content (AvgIpc) is 3.35. The molecule has 0 radical (unpaired) electrons. The first-order valence-corrected chi connectivity index (χ1v) is 19.2. The molecule has 0 aromatic rings. The fourth-order valence-corrected chi connectivity index (χ4v) is 11.8. The summed E-state index contributed by atoms with van der Waals surface area (Å²) >= 11 is 0. The normalized spacial score (nSPS) is 44.6. The van der Waals surface area contributed by atoms with E-state index in [1.54, 1.807) is 22.3 Å². The van der Waals surface area contributed by atoms with Crippen molar-refractivity contribution in [2.75, 3.05) is 40.6 Å². The van der Waals surface area contributed by atoms with E-state index in [9.17, 15) is 5.11 Å². The fraction of sp³-hybridized carbons (Fsp3) is 0.805. The van der Waals surface area contributed by atoms with Gasteiger partial charge in [-0.2, -0.15) is 0 Å². The lowest BCUT2D eigenvalue weighted by molar-refractivity contribution is -0.240. The first-order chi connectivity index (χ1) is 22.8. The van der Waals surface area contributed by atoms with Crippen molar-refractivity contribution in [3.8, 4) is 0 Å². The molecule has 47 heavy (non-hydrogen) atoms. The van der Waals surface area contributed by atoms with Crippen molar-refractivity contribution in [3.63, 3.8) is 0 Å². The van der Waals surface area contributed by atoms with E-state index in [-0.39, 0.29) is 23.9 Å². The minimum atomic E-state index is -0.332. The van der Waals surface area contributed by atoms with Crippen molar-refractivity contribution < 1.29 is 28.8 Å². The highest BCUT2D eigenvalue weighted by molar-refractivity contribution is 5.47. The van der Waals surface area contributed by atoms with Gasteiger partial charge in [0.1, 0.15) is 0 Å². The molecule has 262 valence electrons. The van der Waals surface area contributed by atoms with Gasteiger partial charge in [-0.15, -0.1) is 0 Å². The Labute approximate surface area is 284 Å². The molecule has 1 heterocycles. The summed E-state index contributed by atoms with van der Waals surface area (Å²) in [6.07, 6.45) is 24.5. The number of fused-ring (bicyclic) bond motifs is 7. The Balaban J connectivity index is 1.26. The van der Waals surface area contributed by atoms with Gasteiger partial charge >= 0.3 is 0 Å². The Hall–Kier alpha value is -1.28. The summed E-state index contributed by atoms with van der Waals surface area (Å²) in [6, 6.07) is 0. The predicted molar refractivity (Wildman–Crippen MR) is 185 cm³/mol. The second-order valence-corrected chi connectivity index (χ2v) is 16.4. The first kappa shape index (κ1) is 34.2. The first-order valence-electron chi connectivity index (χ1n) is 19.2. The summed E-state index contributed by atoms with van der Waals surface area (Å²) < 4.78 is 32.5. The summed E-state index contributed by atoms with van der Waals surface area (Å²) in [5, 5.41) is 9.29. The lowest BCUT2D eigenvalue weighted by Gasteiger charge is -2.61. The quantitative estimate of drug-likeness (QED) is 0.193. The summed E-state index contributed by atoms with van der Waals surface area (Å²) in [5.41, 5.74) is 5.74. The standard InChI is InChI=1S/C41H62O6/c1-26-6-16-32-35(24-26)39-34(38-37(32)33-17-7-27(2)25-36(33)40(38,3)46-23-22-45-21-20-42)18-19-41(47-39,28-8-12-30(43-4)13-9-28)29-10-14-31(44-5)15-11-29/h6-8,17,27,29-32,34-35,37-39,42H,9-16,18-25H2,1-5H3. The van der Waals surface area contributed by atoms with Crippen molar-refractivity contribution in [2.24, 2.45) is 41.4 Å². The van der Waals surface area contributed by atoms with E-state index in [0.717, 1.165) is 57.8 Å². The molecule has 0 aromatic heterocycles. The number of rotatable bonds is 10. The van der Waals surface area contributed by atoms with Gasteiger partial charge in [-0.3, -0.25) is 0 Å². The topological polar surface area (TPSA) is 66.4 Å². The highest BCUT2D eigenvalue weighted by Gasteiger charge is 2.65. The van der Waals surface area contributed by atoms with Crippen LogP contribution in [0.25, 0.3) is 0 Å². The van der Waals surface area contributed by atoms with Crippen molar-refractivity contribution in [2.45, 2.75) is 127 Å². The van der Waals surface area contributed by atoms with Crippen LogP contribution < -0.4 is 0 Å². The summed E-state index contributed by atoms with van der Waals surface area (Å²) in [6.45, 7) is 8.62. The molecule has 1 saturated heterocycles. The molecule has 0 bridgehead atoms. The maximum atomic E-state index is 9.29. The second-order valence-electron chi connectivity index (χ2n) is 16.4. The van der Waals surface area contributed by atoms with Crippen LogP contribution in [0, 0.1) is 41.4 Å². The van der Waals surface area contributed by atoms with Crippen LogP contribution >= 0.6 is 0 Å². The zero-order valence-electron chi connectivity index (χ0n) is 29.9. The third-order valence-corrected chi connectivity index (χ3v) is 14.0. The Morgan fingerprint density at radius 2 is 1.70 bits per heavy atom. The van der Waals surface area contributed by atoms with Gasteiger partial charge in [0, 0.05) is 20.1 Å². The minimum Gasteiger partial charge on any atom is -0.394 e. The van der Waals surface area contributed by atoms with Gasteiger partial charge in [0.05, 0.1) is 55.9 Å². The molecule has 6 heteroatoms. The molecule has 10 unspecified atom stereocenters. The van der Waals surface area contributed by atoms with Crippen molar-refractivity contribution in [1.82, 2.24) is 0 Å². The van der Waals surface area contributed by atoms with E-state index in [4.69, 9.17) is 23.7 Å². The molecule has 10 atom stereocenters.